The van der Waals surface area contributed by atoms with Crippen LogP contribution in [0.25, 0.3) is 11.1 Å². The van der Waals surface area contributed by atoms with Crippen molar-refractivity contribution in [3.05, 3.63) is 105 Å². The number of aryl methyl sites for hydroxylation is 1. The number of H-pyrrole nitrogens is 1. The van der Waals surface area contributed by atoms with Gasteiger partial charge >= 0.3 is 0 Å². The Balaban J connectivity index is 0.000000750. The van der Waals surface area contributed by atoms with Gasteiger partial charge in [-0.25, -0.2) is 0 Å². The molecule has 1 fully saturated rings. The van der Waals surface area contributed by atoms with E-state index in [0.717, 1.165) is 46.6 Å². The summed E-state index contributed by atoms with van der Waals surface area (Å²) in [6.07, 6.45) is 11.5. The molecule has 7 nitrogen and oxygen atoms in total. The molecule has 0 bridgehead atoms. The minimum absolute atomic E-state index is 0.0350. The van der Waals surface area contributed by atoms with Gasteiger partial charge in [-0.1, -0.05) is 84.6 Å². The molecule has 3 N–H and O–H groups in total. The van der Waals surface area contributed by atoms with E-state index < -0.39 is 0 Å². The number of carbonyl (C=O) groups excluding carboxylic acids is 1. The van der Waals surface area contributed by atoms with Gasteiger partial charge in [0.05, 0.1) is 17.8 Å². The number of nitrogens with one attached hydrogen (secondary N) is 1. The van der Waals surface area contributed by atoms with E-state index in [4.69, 9.17) is 4.74 Å². The van der Waals surface area contributed by atoms with Gasteiger partial charge in [0.2, 0.25) is 5.56 Å². The fourth-order valence-electron chi connectivity index (χ4n) is 3.55. The van der Waals surface area contributed by atoms with Gasteiger partial charge in [0, 0.05) is 24.2 Å². The van der Waals surface area contributed by atoms with Gasteiger partial charge in [-0.15, -0.1) is 0 Å². The van der Waals surface area contributed by atoms with E-state index in [-0.39, 0.29) is 5.56 Å². The minimum atomic E-state index is -0.0350. The lowest BCUT2D eigenvalue weighted by Crippen LogP contribution is -2.01. The van der Waals surface area contributed by atoms with Crippen LogP contribution in [0.4, 0.5) is 0 Å². The van der Waals surface area contributed by atoms with E-state index in [9.17, 15) is 14.9 Å². The molecule has 4 rings (SSSR count). The van der Waals surface area contributed by atoms with Gasteiger partial charge in [0.1, 0.15) is 18.7 Å². The SMILES string of the molecule is C=N/C=C(/CC)OCc1cc(C=O)cc(-c2ccccc2C#N)c1.CCC.CCC1CC1.CCc1ccc(=O)[nH]c1.CN. The highest BCUT2D eigenvalue weighted by molar-refractivity contribution is 5.81. The monoisotopic (exact) mass is 586 g/mol. The average Bonchev–Trinajstić information content (AvgIpc) is 3.90. The molecule has 1 aromatic heterocycles. The van der Waals surface area contributed by atoms with Crippen molar-refractivity contribution in [2.24, 2.45) is 16.6 Å². The summed E-state index contributed by atoms with van der Waals surface area (Å²) < 4.78 is 5.71. The number of carbonyl (C=O) groups is 1. The zero-order valence-corrected chi connectivity index (χ0v) is 26.9. The van der Waals surface area contributed by atoms with Gasteiger partial charge in [0.25, 0.3) is 0 Å². The number of nitriles is 1. The standard InChI is InChI=1S/C20H18N2O2.C7H9NO.C5H10.C3H8.CH5N/c1-3-19(12-22-2)24-14-16-8-15(13-23)9-18(10-16)20-7-5-4-6-17(20)11-21;1-2-6-3-4-7(9)8-5-6;1-2-5-3-4-5;1-3-2;1-2/h4-10,12-13H,2-3,14H2,1H3;3-5H,2H2,1H3,(H,8,9);5H,2-4H2,1H3;3H2,1-2H3;2H2,1H3/b19-12-;;;;. The predicted octanol–water partition coefficient (Wildman–Crippen LogP) is 8.24. The maximum Gasteiger partial charge on any atom is 0.247 e. The molecule has 0 radical (unpaired) electrons. The number of nitrogens with two attached hydrogens (primary N) is 1. The first kappa shape index (κ1) is 38.7. The number of ether oxygens (including phenoxy) is 1. The van der Waals surface area contributed by atoms with Crippen molar-refractivity contribution < 1.29 is 9.53 Å². The first-order valence-corrected chi connectivity index (χ1v) is 15.0. The highest BCUT2D eigenvalue weighted by Gasteiger charge is 2.17. The summed E-state index contributed by atoms with van der Waals surface area (Å²) in [7, 11) is 1.50. The molecular formula is C36H50N4O3. The van der Waals surface area contributed by atoms with Crippen LogP contribution in [-0.4, -0.2) is 25.0 Å². The van der Waals surface area contributed by atoms with Crippen molar-refractivity contribution >= 4 is 13.0 Å². The van der Waals surface area contributed by atoms with E-state index in [1.54, 1.807) is 36.7 Å². The summed E-state index contributed by atoms with van der Waals surface area (Å²) in [5.41, 5.74) is 9.20. The molecule has 2 aromatic carbocycles. The Hall–Kier alpha value is -4.28. The fraction of sp³-hybridized carbons (Fsp3) is 0.389. The van der Waals surface area contributed by atoms with Crippen LogP contribution in [0.2, 0.25) is 0 Å². The first-order valence-electron chi connectivity index (χ1n) is 15.0. The Kier molecular flexibility index (Phi) is 21.9. The largest absolute Gasteiger partial charge is 0.492 e. The van der Waals surface area contributed by atoms with Gasteiger partial charge in [-0.3, -0.25) is 14.6 Å². The lowest BCUT2D eigenvalue weighted by Gasteiger charge is -2.11. The van der Waals surface area contributed by atoms with Crippen LogP contribution in [0.5, 0.6) is 0 Å². The highest BCUT2D eigenvalue weighted by Crippen LogP contribution is 2.31. The number of pyridine rings is 1. The van der Waals surface area contributed by atoms with E-state index in [2.05, 4.69) is 49.3 Å². The smallest absolute Gasteiger partial charge is 0.247 e. The van der Waals surface area contributed by atoms with E-state index >= 15 is 0 Å². The minimum Gasteiger partial charge on any atom is -0.492 e. The average molecular weight is 587 g/mol. The van der Waals surface area contributed by atoms with Crippen LogP contribution in [0.15, 0.2) is 82.5 Å². The van der Waals surface area contributed by atoms with Crippen LogP contribution < -0.4 is 11.3 Å². The second-order valence-electron chi connectivity index (χ2n) is 9.63. The summed E-state index contributed by atoms with van der Waals surface area (Å²) in [5.74, 6) is 1.86. The molecule has 1 saturated carbocycles. The zero-order chi connectivity index (χ0) is 32.5. The summed E-state index contributed by atoms with van der Waals surface area (Å²) in [6, 6.07) is 18.3. The van der Waals surface area contributed by atoms with Crippen molar-refractivity contribution in [2.45, 2.75) is 79.8 Å². The van der Waals surface area contributed by atoms with Crippen LogP contribution in [0, 0.1) is 17.2 Å². The normalized spacial score (nSPS) is 11.3. The summed E-state index contributed by atoms with van der Waals surface area (Å²) in [4.78, 5) is 28.0. The number of aromatic amines is 1. The van der Waals surface area contributed by atoms with Crippen LogP contribution in [-0.2, 0) is 17.8 Å². The van der Waals surface area contributed by atoms with Crippen molar-refractivity contribution in [2.75, 3.05) is 7.05 Å². The number of aldehydes is 1. The Morgan fingerprint density at radius 1 is 1.07 bits per heavy atom. The van der Waals surface area contributed by atoms with Crippen molar-refractivity contribution in [1.82, 2.24) is 4.98 Å². The molecule has 0 unspecified atom stereocenters. The summed E-state index contributed by atoms with van der Waals surface area (Å²) in [6.45, 7) is 14.3. The van der Waals surface area contributed by atoms with Crippen LogP contribution in [0.3, 0.4) is 0 Å². The molecule has 3 aromatic rings. The van der Waals surface area contributed by atoms with Crippen molar-refractivity contribution in [1.29, 1.82) is 5.26 Å². The molecule has 7 heteroatoms. The predicted molar refractivity (Wildman–Crippen MR) is 180 cm³/mol. The first-order chi connectivity index (χ1) is 20.9. The third kappa shape index (κ3) is 16.7. The van der Waals surface area contributed by atoms with Gasteiger partial charge in [-0.2, -0.15) is 5.26 Å². The maximum atomic E-state index is 11.3. The maximum absolute atomic E-state index is 11.3. The Morgan fingerprint density at radius 2 is 1.74 bits per heavy atom. The van der Waals surface area contributed by atoms with Gasteiger partial charge in [-0.05, 0) is 72.6 Å². The van der Waals surface area contributed by atoms with E-state index in [0.29, 0.717) is 24.2 Å². The number of rotatable bonds is 9. The molecule has 0 amide bonds. The Morgan fingerprint density at radius 3 is 2.21 bits per heavy atom. The number of aromatic nitrogens is 1. The second-order valence-corrected chi connectivity index (χ2v) is 9.63. The molecule has 0 atom stereocenters. The number of hydrogen-bond acceptors (Lipinski definition) is 6. The number of hydrogen-bond donors (Lipinski definition) is 2. The molecule has 0 saturated heterocycles. The number of allylic oxidation sites excluding steroid dienone is 1. The molecular weight excluding hydrogens is 536 g/mol. The number of benzene rings is 2. The number of nitrogens with zero attached hydrogens (tertiary/aromatic N) is 2. The van der Waals surface area contributed by atoms with Crippen LogP contribution in [0.1, 0.15) is 93.8 Å². The molecule has 0 spiro atoms. The lowest BCUT2D eigenvalue weighted by atomic mass is 9.97. The molecule has 0 aliphatic heterocycles. The molecule has 1 aliphatic carbocycles. The van der Waals surface area contributed by atoms with E-state index in [1.165, 1.54) is 32.7 Å². The zero-order valence-electron chi connectivity index (χ0n) is 26.9. The lowest BCUT2D eigenvalue weighted by molar-refractivity contribution is 0.112. The molecule has 1 aliphatic rings. The van der Waals surface area contributed by atoms with Crippen molar-refractivity contribution in [3.8, 4) is 17.2 Å². The second kappa shape index (κ2) is 24.3. The summed E-state index contributed by atoms with van der Waals surface area (Å²) >= 11 is 0. The van der Waals surface area contributed by atoms with Gasteiger partial charge < -0.3 is 15.5 Å². The van der Waals surface area contributed by atoms with E-state index in [1.807, 2.05) is 44.2 Å². The third-order valence-corrected chi connectivity index (χ3v) is 6.05. The van der Waals surface area contributed by atoms with Gasteiger partial charge in [0.15, 0.2) is 0 Å². The quantitative estimate of drug-likeness (QED) is 0.149. The van der Waals surface area contributed by atoms with Crippen LogP contribution >= 0.6 is 0 Å². The topological polar surface area (TPSA) is 121 Å². The fourth-order valence-corrected chi connectivity index (χ4v) is 3.55. The third-order valence-electron chi connectivity index (χ3n) is 6.05. The number of aliphatic imine (C=N–C) groups is 1. The Labute approximate surface area is 258 Å². The molecule has 1 heterocycles. The molecule has 43 heavy (non-hydrogen) atoms. The molecule has 232 valence electrons. The Bertz CT molecular complexity index is 1310. The van der Waals surface area contributed by atoms with Crippen molar-refractivity contribution in [3.63, 3.8) is 0 Å². The highest BCUT2D eigenvalue weighted by atomic mass is 16.5. The summed E-state index contributed by atoms with van der Waals surface area (Å²) in [5, 5.41) is 9.27.